The topological polar surface area (TPSA) is 86.3 Å². The summed E-state index contributed by atoms with van der Waals surface area (Å²) in [5.74, 6) is 0.0885. The molecule has 1 aromatic rings. The summed E-state index contributed by atoms with van der Waals surface area (Å²) in [7, 11) is 1.53. The van der Waals surface area contributed by atoms with Gasteiger partial charge in [-0.2, -0.15) is 0 Å². The highest BCUT2D eigenvalue weighted by atomic mass is 16.6. The van der Waals surface area contributed by atoms with Gasteiger partial charge in [0, 0.05) is 25.2 Å². The zero-order valence-electron chi connectivity index (χ0n) is 17.7. The Morgan fingerprint density at radius 2 is 1.77 bits per heavy atom. The predicted molar refractivity (Wildman–Crippen MR) is 111 cm³/mol. The van der Waals surface area contributed by atoms with E-state index in [9.17, 15) is 9.59 Å². The molecule has 30 heavy (non-hydrogen) atoms. The van der Waals surface area contributed by atoms with Gasteiger partial charge in [-0.3, -0.25) is 9.69 Å². The van der Waals surface area contributed by atoms with Crippen molar-refractivity contribution in [3.8, 4) is 11.5 Å². The number of morpholine rings is 1. The molecule has 8 heteroatoms. The van der Waals surface area contributed by atoms with Crippen molar-refractivity contribution in [3.05, 3.63) is 24.3 Å². The Balaban J connectivity index is 1.42. The summed E-state index contributed by atoms with van der Waals surface area (Å²) in [6.07, 6.45) is 5.72. The van der Waals surface area contributed by atoms with E-state index >= 15 is 0 Å². The van der Waals surface area contributed by atoms with E-state index in [4.69, 9.17) is 18.9 Å². The fourth-order valence-corrected chi connectivity index (χ4v) is 4.23. The maximum atomic E-state index is 12.3. The third-order valence-corrected chi connectivity index (χ3v) is 5.86. The van der Waals surface area contributed by atoms with Crippen molar-refractivity contribution in [2.75, 3.05) is 53.2 Å². The first-order valence-electron chi connectivity index (χ1n) is 10.6. The second kappa shape index (κ2) is 11.2. The molecule has 1 aliphatic carbocycles. The number of hydrogen-bond acceptors (Lipinski definition) is 7. The number of nitrogens with zero attached hydrogens (tertiary/aromatic N) is 1. The molecule has 1 aliphatic heterocycles. The predicted octanol–water partition coefficient (Wildman–Crippen LogP) is 1.77. The SMILES string of the molecule is COc1ccccc1OCC(=O)OCC(=O)NCC1(N2CCOCC2)CCCCC1. The Hall–Kier alpha value is -2.32. The molecule has 1 saturated heterocycles. The second-order valence-electron chi connectivity index (χ2n) is 7.76. The van der Waals surface area contributed by atoms with Gasteiger partial charge in [-0.15, -0.1) is 0 Å². The van der Waals surface area contributed by atoms with E-state index < -0.39 is 5.97 Å². The molecule has 8 nitrogen and oxygen atoms in total. The normalized spacial score (nSPS) is 19.0. The van der Waals surface area contributed by atoms with Gasteiger partial charge in [-0.25, -0.2) is 4.79 Å². The molecule has 1 saturated carbocycles. The van der Waals surface area contributed by atoms with E-state index in [2.05, 4.69) is 10.2 Å². The van der Waals surface area contributed by atoms with Gasteiger partial charge in [0.05, 0.1) is 20.3 Å². The van der Waals surface area contributed by atoms with Crippen LogP contribution in [0.1, 0.15) is 32.1 Å². The number of carbonyl (C=O) groups excluding carboxylic acids is 2. The number of amides is 1. The van der Waals surface area contributed by atoms with Crippen LogP contribution in [0, 0.1) is 0 Å². The van der Waals surface area contributed by atoms with Gasteiger partial charge in [0.25, 0.3) is 5.91 Å². The van der Waals surface area contributed by atoms with Crippen LogP contribution in [0.5, 0.6) is 11.5 Å². The van der Waals surface area contributed by atoms with E-state index in [-0.39, 0.29) is 24.7 Å². The standard InChI is InChI=1S/C22H32N2O6/c1-27-18-7-3-4-8-19(18)29-16-21(26)30-15-20(25)23-17-22(9-5-2-6-10-22)24-11-13-28-14-12-24/h3-4,7-8H,2,5-6,9-17H2,1H3,(H,23,25). The first kappa shape index (κ1) is 22.4. The Bertz CT molecular complexity index is 699. The number of carbonyl (C=O) groups is 2. The number of ether oxygens (including phenoxy) is 4. The number of esters is 1. The maximum absolute atomic E-state index is 12.3. The number of para-hydroxylation sites is 2. The third kappa shape index (κ3) is 6.09. The third-order valence-electron chi connectivity index (χ3n) is 5.86. The summed E-state index contributed by atoms with van der Waals surface area (Å²) < 4.78 is 21.2. The van der Waals surface area contributed by atoms with Gasteiger partial charge in [-0.05, 0) is 25.0 Å². The molecule has 3 rings (SSSR count). The molecular formula is C22H32N2O6. The summed E-state index contributed by atoms with van der Waals surface area (Å²) in [5.41, 5.74) is -0.0192. The monoisotopic (exact) mass is 420 g/mol. The number of nitrogens with one attached hydrogen (secondary N) is 1. The molecule has 0 aromatic heterocycles. The summed E-state index contributed by atoms with van der Waals surface area (Å²) in [6.45, 7) is 3.23. The molecule has 1 aromatic carbocycles. The molecule has 2 aliphatic rings. The van der Waals surface area contributed by atoms with Crippen LogP contribution in [-0.2, 0) is 19.1 Å². The Labute approximate surface area is 177 Å². The van der Waals surface area contributed by atoms with Gasteiger partial charge in [0.2, 0.25) is 0 Å². The highest BCUT2D eigenvalue weighted by molar-refractivity contribution is 5.81. The van der Waals surface area contributed by atoms with Gasteiger partial charge in [-0.1, -0.05) is 31.4 Å². The average Bonchev–Trinajstić information content (AvgIpc) is 2.81. The highest BCUT2D eigenvalue weighted by Gasteiger charge is 2.38. The molecule has 166 valence electrons. The van der Waals surface area contributed by atoms with Crippen LogP contribution in [0.2, 0.25) is 0 Å². The first-order valence-corrected chi connectivity index (χ1v) is 10.6. The Morgan fingerprint density at radius 1 is 1.07 bits per heavy atom. The van der Waals surface area contributed by atoms with Crippen LogP contribution in [0.4, 0.5) is 0 Å². The first-order chi connectivity index (χ1) is 14.6. The molecule has 1 N–H and O–H groups in total. The summed E-state index contributed by atoms with van der Waals surface area (Å²) in [6, 6.07) is 7.04. The van der Waals surface area contributed by atoms with E-state index in [0.717, 1.165) is 39.1 Å². The largest absolute Gasteiger partial charge is 0.493 e. The summed E-state index contributed by atoms with van der Waals surface area (Å²) in [4.78, 5) is 26.7. The van der Waals surface area contributed by atoms with Crippen molar-refractivity contribution in [1.82, 2.24) is 10.2 Å². The van der Waals surface area contributed by atoms with E-state index in [1.807, 2.05) is 6.07 Å². The van der Waals surface area contributed by atoms with Gasteiger partial charge in [0.15, 0.2) is 24.7 Å². The summed E-state index contributed by atoms with van der Waals surface area (Å²) in [5, 5.41) is 2.98. The van der Waals surface area contributed by atoms with Crippen LogP contribution >= 0.6 is 0 Å². The fourth-order valence-electron chi connectivity index (χ4n) is 4.23. The van der Waals surface area contributed by atoms with Crippen LogP contribution in [0.3, 0.4) is 0 Å². The number of rotatable bonds is 9. The van der Waals surface area contributed by atoms with Crippen molar-refractivity contribution in [1.29, 1.82) is 0 Å². The number of hydrogen-bond donors (Lipinski definition) is 1. The van der Waals surface area contributed by atoms with Crippen LogP contribution in [0.15, 0.2) is 24.3 Å². The molecule has 0 unspecified atom stereocenters. The van der Waals surface area contributed by atoms with E-state index in [1.54, 1.807) is 18.2 Å². The minimum atomic E-state index is -0.600. The van der Waals surface area contributed by atoms with Crippen LogP contribution in [-0.4, -0.2) is 75.5 Å². The molecule has 2 fully saturated rings. The number of methoxy groups -OCH3 is 1. The maximum Gasteiger partial charge on any atom is 0.344 e. The smallest absolute Gasteiger partial charge is 0.344 e. The lowest BCUT2D eigenvalue weighted by Gasteiger charge is -2.48. The quantitative estimate of drug-likeness (QED) is 0.609. The van der Waals surface area contributed by atoms with E-state index in [1.165, 1.54) is 26.4 Å². The van der Waals surface area contributed by atoms with Crippen molar-refractivity contribution in [3.63, 3.8) is 0 Å². The molecule has 0 radical (unpaired) electrons. The zero-order valence-corrected chi connectivity index (χ0v) is 17.7. The molecule has 0 spiro atoms. The van der Waals surface area contributed by atoms with Crippen molar-refractivity contribution < 1.29 is 28.5 Å². The van der Waals surface area contributed by atoms with Crippen LogP contribution in [0.25, 0.3) is 0 Å². The lowest BCUT2D eigenvalue weighted by molar-refractivity contribution is -0.150. The van der Waals surface area contributed by atoms with Crippen LogP contribution < -0.4 is 14.8 Å². The average molecular weight is 421 g/mol. The molecule has 0 atom stereocenters. The Morgan fingerprint density at radius 3 is 2.47 bits per heavy atom. The zero-order chi connectivity index (χ0) is 21.2. The van der Waals surface area contributed by atoms with Crippen molar-refractivity contribution in [2.45, 2.75) is 37.6 Å². The van der Waals surface area contributed by atoms with Crippen molar-refractivity contribution >= 4 is 11.9 Å². The lowest BCUT2D eigenvalue weighted by atomic mass is 9.79. The fraction of sp³-hybridized carbons (Fsp3) is 0.636. The molecule has 0 bridgehead atoms. The van der Waals surface area contributed by atoms with Gasteiger partial charge < -0.3 is 24.3 Å². The molecule has 1 amide bonds. The minimum absolute atomic E-state index is 0.0192. The Kier molecular flexibility index (Phi) is 8.33. The van der Waals surface area contributed by atoms with Gasteiger partial charge in [0.1, 0.15) is 0 Å². The van der Waals surface area contributed by atoms with E-state index in [0.29, 0.717) is 18.0 Å². The molecule has 1 heterocycles. The summed E-state index contributed by atoms with van der Waals surface area (Å²) >= 11 is 0. The highest BCUT2D eigenvalue weighted by Crippen LogP contribution is 2.33. The lowest BCUT2D eigenvalue weighted by Crippen LogP contribution is -2.59. The van der Waals surface area contributed by atoms with Gasteiger partial charge >= 0.3 is 5.97 Å². The second-order valence-corrected chi connectivity index (χ2v) is 7.76. The molecular weight excluding hydrogens is 388 g/mol. The number of benzene rings is 1. The minimum Gasteiger partial charge on any atom is -0.493 e. The van der Waals surface area contributed by atoms with Crippen molar-refractivity contribution in [2.24, 2.45) is 0 Å².